The molecule has 0 saturated carbocycles. The van der Waals surface area contributed by atoms with Gasteiger partial charge >= 0.3 is 0 Å². The average Bonchev–Trinajstić information content (AvgIpc) is 2.78. The van der Waals surface area contributed by atoms with Crippen LogP contribution in [0.15, 0.2) is 36.7 Å². The van der Waals surface area contributed by atoms with Crippen molar-refractivity contribution in [3.05, 3.63) is 36.7 Å². The van der Waals surface area contributed by atoms with Crippen molar-refractivity contribution in [1.29, 1.82) is 0 Å². The van der Waals surface area contributed by atoms with E-state index in [-0.39, 0.29) is 0 Å². The van der Waals surface area contributed by atoms with E-state index in [1.54, 1.807) is 24.2 Å². The van der Waals surface area contributed by atoms with E-state index in [1.165, 1.54) is 0 Å². The van der Waals surface area contributed by atoms with Gasteiger partial charge in [-0.1, -0.05) is 6.07 Å². The number of hydrogen-bond donors (Lipinski definition) is 1. The van der Waals surface area contributed by atoms with Gasteiger partial charge in [0.1, 0.15) is 17.1 Å². The molecule has 5 heteroatoms. The van der Waals surface area contributed by atoms with Crippen LogP contribution in [0.25, 0.3) is 22.0 Å². The van der Waals surface area contributed by atoms with Crippen molar-refractivity contribution in [3.8, 4) is 16.9 Å². The van der Waals surface area contributed by atoms with Gasteiger partial charge in [0, 0.05) is 24.2 Å². The standard InChI is InChI=1S/C14H14N4O/c1-18-14(15)11(8-17-18)9-5-6-12(19-2)13-10(9)4-3-7-16-13/h3-8H,15H2,1-2H3. The topological polar surface area (TPSA) is 66.0 Å². The fourth-order valence-corrected chi connectivity index (χ4v) is 2.20. The first-order chi connectivity index (χ1) is 9.22. The van der Waals surface area contributed by atoms with Crippen LogP contribution in [0.1, 0.15) is 0 Å². The second-order valence-corrected chi connectivity index (χ2v) is 4.28. The van der Waals surface area contributed by atoms with Crippen molar-refractivity contribution in [1.82, 2.24) is 14.8 Å². The quantitative estimate of drug-likeness (QED) is 0.761. The molecule has 96 valence electrons. The van der Waals surface area contributed by atoms with Gasteiger partial charge in [0.05, 0.1) is 13.3 Å². The van der Waals surface area contributed by atoms with Crippen molar-refractivity contribution >= 4 is 16.7 Å². The van der Waals surface area contributed by atoms with Crippen molar-refractivity contribution in [2.24, 2.45) is 7.05 Å². The van der Waals surface area contributed by atoms with E-state index in [0.717, 1.165) is 27.8 Å². The molecule has 0 aliphatic carbocycles. The van der Waals surface area contributed by atoms with Crippen LogP contribution in [0.2, 0.25) is 0 Å². The molecule has 3 aromatic rings. The number of benzene rings is 1. The molecule has 0 amide bonds. The molecule has 0 fully saturated rings. The summed E-state index contributed by atoms with van der Waals surface area (Å²) in [6.45, 7) is 0. The maximum absolute atomic E-state index is 6.05. The van der Waals surface area contributed by atoms with Crippen LogP contribution in [-0.2, 0) is 7.05 Å². The summed E-state index contributed by atoms with van der Waals surface area (Å²) in [6.07, 6.45) is 3.52. The van der Waals surface area contributed by atoms with Gasteiger partial charge in [-0.2, -0.15) is 5.10 Å². The Morgan fingerprint density at radius 2 is 2.05 bits per heavy atom. The highest BCUT2D eigenvalue weighted by Gasteiger charge is 2.13. The lowest BCUT2D eigenvalue weighted by atomic mass is 10.0. The van der Waals surface area contributed by atoms with E-state index < -0.39 is 0 Å². The van der Waals surface area contributed by atoms with E-state index in [9.17, 15) is 0 Å². The lowest BCUT2D eigenvalue weighted by Crippen LogP contribution is -1.98. The van der Waals surface area contributed by atoms with E-state index in [0.29, 0.717) is 5.82 Å². The Bertz CT molecular complexity index is 748. The fourth-order valence-electron chi connectivity index (χ4n) is 2.20. The highest BCUT2D eigenvalue weighted by Crippen LogP contribution is 2.35. The molecule has 1 aromatic carbocycles. The lowest BCUT2D eigenvalue weighted by molar-refractivity contribution is 0.419. The Labute approximate surface area is 110 Å². The summed E-state index contributed by atoms with van der Waals surface area (Å²) in [5.74, 6) is 1.39. The molecule has 0 aliphatic heterocycles. The minimum absolute atomic E-state index is 0.635. The highest BCUT2D eigenvalue weighted by atomic mass is 16.5. The molecule has 0 radical (unpaired) electrons. The minimum Gasteiger partial charge on any atom is -0.494 e. The predicted molar refractivity (Wildman–Crippen MR) is 74.9 cm³/mol. The number of hydrogen-bond acceptors (Lipinski definition) is 4. The number of nitrogen functional groups attached to an aromatic ring is 1. The van der Waals surface area contributed by atoms with Crippen LogP contribution < -0.4 is 10.5 Å². The van der Waals surface area contributed by atoms with Gasteiger partial charge in [-0.25, -0.2) is 0 Å². The van der Waals surface area contributed by atoms with Crippen LogP contribution in [0, 0.1) is 0 Å². The fraction of sp³-hybridized carbons (Fsp3) is 0.143. The zero-order chi connectivity index (χ0) is 13.4. The van der Waals surface area contributed by atoms with Gasteiger partial charge in [0.25, 0.3) is 0 Å². The first-order valence-electron chi connectivity index (χ1n) is 5.92. The largest absolute Gasteiger partial charge is 0.494 e. The molecule has 0 aliphatic rings. The molecule has 19 heavy (non-hydrogen) atoms. The monoisotopic (exact) mass is 254 g/mol. The zero-order valence-electron chi connectivity index (χ0n) is 10.8. The molecule has 5 nitrogen and oxygen atoms in total. The minimum atomic E-state index is 0.635. The molecular weight excluding hydrogens is 240 g/mol. The van der Waals surface area contributed by atoms with Gasteiger partial charge in [0.15, 0.2) is 0 Å². The van der Waals surface area contributed by atoms with Crippen LogP contribution in [0.4, 0.5) is 5.82 Å². The third-order valence-electron chi connectivity index (χ3n) is 3.23. The third kappa shape index (κ3) is 1.71. The summed E-state index contributed by atoms with van der Waals surface area (Å²) in [5.41, 5.74) is 8.78. The Kier molecular flexibility index (Phi) is 2.59. The van der Waals surface area contributed by atoms with Crippen LogP contribution >= 0.6 is 0 Å². The maximum atomic E-state index is 6.05. The molecule has 3 rings (SSSR count). The van der Waals surface area contributed by atoms with Crippen molar-refractivity contribution in [2.45, 2.75) is 0 Å². The molecule has 0 spiro atoms. The summed E-state index contributed by atoms with van der Waals surface area (Å²) < 4.78 is 6.99. The zero-order valence-corrected chi connectivity index (χ0v) is 10.8. The summed E-state index contributed by atoms with van der Waals surface area (Å²) >= 11 is 0. The number of ether oxygens (including phenoxy) is 1. The molecule has 0 saturated heterocycles. The number of fused-ring (bicyclic) bond motifs is 1. The number of nitrogens with two attached hydrogens (primary N) is 1. The summed E-state index contributed by atoms with van der Waals surface area (Å²) in [6, 6.07) is 7.79. The highest BCUT2D eigenvalue weighted by molar-refractivity contribution is 5.99. The third-order valence-corrected chi connectivity index (χ3v) is 3.23. The SMILES string of the molecule is COc1ccc(-c2cnn(C)c2N)c2cccnc12. The Hall–Kier alpha value is -2.56. The summed E-state index contributed by atoms with van der Waals surface area (Å²) in [5, 5.41) is 5.18. The van der Waals surface area contributed by atoms with Gasteiger partial charge in [-0.3, -0.25) is 9.67 Å². The van der Waals surface area contributed by atoms with Crippen LogP contribution in [-0.4, -0.2) is 21.9 Å². The second-order valence-electron chi connectivity index (χ2n) is 4.28. The average molecular weight is 254 g/mol. The second kappa shape index (κ2) is 4.28. The number of rotatable bonds is 2. The summed E-state index contributed by atoms with van der Waals surface area (Å²) in [7, 11) is 3.46. The van der Waals surface area contributed by atoms with Crippen molar-refractivity contribution in [3.63, 3.8) is 0 Å². The number of pyridine rings is 1. The van der Waals surface area contributed by atoms with E-state index in [4.69, 9.17) is 10.5 Å². The number of aromatic nitrogens is 3. The normalized spacial score (nSPS) is 10.8. The molecular formula is C14H14N4O. The smallest absolute Gasteiger partial charge is 0.145 e. The molecule has 2 heterocycles. The number of anilines is 1. The van der Waals surface area contributed by atoms with Gasteiger partial charge in [-0.15, -0.1) is 0 Å². The van der Waals surface area contributed by atoms with Crippen molar-refractivity contribution < 1.29 is 4.74 Å². The van der Waals surface area contributed by atoms with E-state index in [2.05, 4.69) is 10.1 Å². The number of nitrogens with zero attached hydrogens (tertiary/aromatic N) is 3. The van der Waals surface area contributed by atoms with Crippen molar-refractivity contribution in [2.75, 3.05) is 12.8 Å². The maximum Gasteiger partial charge on any atom is 0.145 e. The summed E-state index contributed by atoms with van der Waals surface area (Å²) in [4.78, 5) is 4.38. The van der Waals surface area contributed by atoms with Gasteiger partial charge < -0.3 is 10.5 Å². The first-order valence-corrected chi connectivity index (χ1v) is 5.92. The lowest BCUT2D eigenvalue weighted by Gasteiger charge is -2.09. The first kappa shape index (κ1) is 11.5. The molecule has 0 bridgehead atoms. The van der Waals surface area contributed by atoms with Crippen LogP contribution in [0.3, 0.4) is 0 Å². The van der Waals surface area contributed by atoms with E-state index >= 15 is 0 Å². The van der Waals surface area contributed by atoms with E-state index in [1.807, 2.05) is 31.3 Å². The Balaban J connectivity index is 2.34. The van der Waals surface area contributed by atoms with Gasteiger partial charge in [0.2, 0.25) is 0 Å². The Morgan fingerprint density at radius 1 is 1.21 bits per heavy atom. The number of aryl methyl sites for hydroxylation is 1. The number of methoxy groups -OCH3 is 1. The molecule has 2 aromatic heterocycles. The molecule has 0 unspecified atom stereocenters. The molecule has 0 atom stereocenters. The molecule has 2 N–H and O–H groups in total. The van der Waals surface area contributed by atoms with Gasteiger partial charge in [-0.05, 0) is 23.8 Å². The Morgan fingerprint density at radius 3 is 2.74 bits per heavy atom. The predicted octanol–water partition coefficient (Wildman–Crippen LogP) is 2.23. The van der Waals surface area contributed by atoms with Crippen LogP contribution in [0.5, 0.6) is 5.75 Å².